The Labute approximate surface area is 118 Å². The van der Waals surface area contributed by atoms with E-state index in [0.717, 1.165) is 0 Å². The molecular weight excluding hydrogens is 230 g/mol. The summed E-state index contributed by atoms with van der Waals surface area (Å²) >= 11 is 0. The van der Waals surface area contributed by atoms with Crippen molar-refractivity contribution < 1.29 is 0 Å². The molecule has 0 amide bonds. The fraction of sp³-hybridized carbons (Fsp3) is 0.444. The van der Waals surface area contributed by atoms with Crippen LogP contribution in [-0.4, -0.2) is 4.98 Å². The van der Waals surface area contributed by atoms with Gasteiger partial charge in [0.05, 0.1) is 0 Å². The number of hydrogen-bond acceptors (Lipinski definition) is 0. The van der Waals surface area contributed by atoms with E-state index >= 15 is 0 Å². The monoisotopic (exact) mass is 259 g/mol. The normalized spacial score (nSPS) is 12.0. The molecule has 106 valence electrons. The van der Waals surface area contributed by atoms with Crippen molar-refractivity contribution in [3.8, 4) is 0 Å². The minimum atomic E-state index is 0.572. The molecule has 0 fully saturated rings. The van der Waals surface area contributed by atoms with E-state index in [0.29, 0.717) is 5.92 Å². The summed E-state index contributed by atoms with van der Waals surface area (Å²) < 4.78 is 0. The molecule has 0 saturated carbocycles. The largest absolute Gasteiger partial charge is 0.355 e. The molecule has 0 aliphatic rings. The fourth-order valence-corrected chi connectivity index (χ4v) is 1.93. The second-order valence-electron chi connectivity index (χ2n) is 4.20. The molecule has 1 heterocycles. The molecule has 0 aliphatic heterocycles. The van der Waals surface area contributed by atoms with Crippen LogP contribution >= 0.6 is 0 Å². The molecule has 0 unspecified atom stereocenters. The van der Waals surface area contributed by atoms with Gasteiger partial charge in [0.1, 0.15) is 0 Å². The van der Waals surface area contributed by atoms with Crippen molar-refractivity contribution in [3.05, 3.63) is 34.8 Å². The van der Waals surface area contributed by atoms with E-state index in [2.05, 4.69) is 62.2 Å². The van der Waals surface area contributed by atoms with E-state index in [1.54, 1.807) is 0 Å². The highest BCUT2D eigenvalue weighted by Gasteiger charge is 1.98. The molecule has 1 N–H and O–H groups in total. The number of para-hydroxylation sites is 1. The Balaban J connectivity index is 0.000000741. The summed E-state index contributed by atoms with van der Waals surface area (Å²) in [6.45, 7) is 14.5. The van der Waals surface area contributed by atoms with Crippen LogP contribution in [0.15, 0.2) is 24.3 Å². The number of hydrogen-bond donors (Lipinski definition) is 1. The number of fused-ring (bicyclic) bond motifs is 1. The third kappa shape index (κ3) is 4.59. The number of nitrogens with one attached hydrogen (secondary N) is 1. The summed E-state index contributed by atoms with van der Waals surface area (Å²) in [6, 6.07) is 8.46. The van der Waals surface area contributed by atoms with E-state index < -0.39 is 0 Å². The Hall–Kier alpha value is -1.50. The van der Waals surface area contributed by atoms with Crippen LogP contribution < -0.4 is 10.6 Å². The molecule has 0 bridgehead atoms. The molecule has 19 heavy (non-hydrogen) atoms. The standard InChI is InChI=1S/C14H17N.2C2H6/c1-4-13-12(9-10(2)3)11-7-5-6-8-14(11)15-13;2*1-2/h4-10,15H,1-3H3;2*1-2H3/b12-9-,13-4+;;. The number of benzene rings is 1. The molecule has 1 aromatic heterocycles. The minimum Gasteiger partial charge on any atom is -0.355 e. The van der Waals surface area contributed by atoms with E-state index in [9.17, 15) is 0 Å². The first kappa shape index (κ1) is 17.5. The highest BCUT2D eigenvalue weighted by atomic mass is 14.7. The predicted molar refractivity (Wildman–Crippen MR) is 89.7 cm³/mol. The Morgan fingerprint density at radius 2 is 1.58 bits per heavy atom. The van der Waals surface area contributed by atoms with Gasteiger partial charge in [0.15, 0.2) is 0 Å². The van der Waals surface area contributed by atoms with Crippen molar-refractivity contribution in [3.63, 3.8) is 0 Å². The van der Waals surface area contributed by atoms with Gasteiger partial charge in [-0.05, 0) is 18.9 Å². The topological polar surface area (TPSA) is 15.8 Å². The number of rotatable bonds is 1. The highest BCUT2D eigenvalue weighted by molar-refractivity contribution is 5.81. The van der Waals surface area contributed by atoms with Crippen LogP contribution in [-0.2, 0) is 0 Å². The quantitative estimate of drug-likeness (QED) is 0.778. The van der Waals surface area contributed by atoms with Gasteiger partial charge in [-0.2, -0.15) is 0 Å². The fourth-order valence-electron chi connectivity index (χ4n) is 1.93. The summed E-state index contributed by atoms with van der Waals surface area (Å²) in [7, 11) is 0. The zero-order chi connectivity index (χ0) is 14.8. The molecular formula is C18H29N. The number of aromatic amines is 1. The maximum Gasteiger partial charge on any atom is 0.0464 e. The average molecular weight is 259 g/mol. The lowest BCUT2D eigenvalue weighted by molar-refractivity contribution is 0.881. The van der Waals surface area contributed by atoms with Gasteiger partial charge in [-0.1, -0.05) is 71.9 Å². The van der Waals surface area contributed by atoms with Crippen molar-refractivity contribution in [2.45, 2.75) is 48.5 Å². The predicted octanol–water partition coefficient (Wildman–Crippen LogP) is 4.46. The van der Waals surface area contributed by atoms with Crippen LogP contribution in [0.2, 0.25) is 0 Å². The highest BCUT2D eigenvalue weighted by Crippen LogP contribution is 2.04. The van der Waals surface area contributed by atoms with Crippen LogP contribution in [0.5, 0.6) is 0 Å². The Morgan fingerprint density at radius 1 is 1.00 bits per heavy atom. The number of H-pyrrole nitrogens is 1. The second kappa shape index (κ2) is 9.43. The van der Waals surface area contributed by atoms with Gasteiger partial charge in [-0.3, -0.25) is 0 Å². The molecule has 0 aliphatic carbocycles. The Kier molecular flexibility index (Phi) is 8.69. The summed E-state index contributed by atoms with van der Waals surface area (Å²) in [4.78, 5) is 3.43. The van der Waals surface area contributed by atoms with E-state index in [4.69, 9.17) is 0 Å². The number of aromatic nitrogens is 1. The van der Waals surface area contributed by atoms with Crippen LogP contribution in [0.25, 0.3) is 23.1 Å². The van der Waals surface area contributed by atoms with Crippen molar-refractivity contribution in [1.82, 2.24) is 4.98 Å². The minimum absolute atomic E-state index is 0.572. The van der Waals surface area contributed by atoms with Gasteiger partial charge in [-0.25, -0.2) is 0 Å². The van der Waals surface area contributed by atoms with E-state index in [1.165, 1.54) is 21.5 Å². The molecule has 0 atom stereocenters. The van der Waals surface area contributed by atoms with Gasteiger partial charge in [0, 0.05) is 21.5 Å². The van der Waals surface area contributed by atoms with Gasteiger partial charge < -0.3 is 4.98 Å². The lowest BCUT2D eigenvalue weighted by Crippen LogP contribution is -2.22. The first-order valence-electron chi connectivity index (χ1n) is 7.47. The van der Waals surface area contributed by atoms with Crippen molar-refractivity contribution in [2.75, 3.05) is 0 Å². The van der Waals surface area contributed by atoms with Gasteiger partial charge in [0.25, 0.3) is 0 Å². The van der Waals surface area contributed by atoms with Crippen LogP contribution in [0, 0.1) is 5.92 Å². The third-order valence-electron chi connectivity index (χ3n) is 2.57. The molecule has 0 spiro atoms. The van der Waals surface area contributed by atoms with Crippen LogP contribution in [0.3, 0.4) is 0 Å². The molecule has 1 heteroatoms. The second-order valence-corrected chi connectivity index (χ2v) is 4.20. The van der Waals surface area contributed by atoms with E-state index in [-0.39, 0.29) is 0 Å². The lowest BCUT2D eigenvalue weighted by atomic mass is 10.1. The SMILES string of the molecule is C/C=c1/[nH]c2ccccc2/c1=C/C(C)C.CC.CC. The van der Waals surface area contributed by atoms with Gasteiger partial charge in [-0.15, -0.1) is 0 Å². The zero-order valence-electron chi connectivity index (χ0n) is 13.5. The molecule has 2 aromatic rings. The van der Waals surface area contributed by atoms with Crippen LogP contribution in [0.4, 0.5) is 0 Å². The molecule has 1 aromatic carbocycles. The smallest absolute Gasteiger partial charge is 0.0464 e. The van der Waals surface area contributed by atoms with Crippen molar-refractivity contribution in [2.24, 2.45) is 5.92 Å². The van der Waals surface area contributed by atoms with Crippen molar-refractivity contribution >= 4 is 23.1 Å². The lowest BCUT2D eigenvalue weighted by Gasteiger charge is -1.92. The van der Waals surface area contributed by atoms with Gasteiger partial charge in [0.2, 0.25) is 0 Å². The first-order valence-corrected chi connectivity index (χ1v) is 7.47. The molecule has 0 radical (unpaired) electrons. The maximum atomic E-state index is 3.43. The third-order valence-corrected chi connectivity index (χ3v) is 2.57. The molecule has 1 nitrogen and oxygen atoms in total. The average Bonchev–Trinajstić information content (AvgIpc) is 2.81. The van der Waals surface area contributed by atoms with Crippen molar-refractivity contribution in [1.29, 1.82) is 0 Å². The first-order chi connectivity index (χ1) is 9.22. The summed E-state index contributed by atoms with van der Waals surface area (Å²) in [5.41, 5.74) is 1.22. The Bertz CT molecular complexity index is 573. The summed E-state index contributed by atoms with van der Waals surface area (Å²) in [6.07, 6.45) is 4.45. The molecule has 2 rings (SSSR count). The maximum absolute atomic E-state index is 3.43. The Morgan fingerprint density at radius 3 is 2.11 bits per heavy atom. The van der Waals surface area contributed by atoms with E-state index in [1.807, 2.05) is 27.7 Å². The van der Waals surface area contributed by atoms with Gasteiger partial charge >= 0.3 is 0 Å². The summed E-state index contributed by atoms with van der Waals surface area (Å²) in [5, 5.41) is 3.88. The van der Waals surface area contributed by atoms with Crippen LogP contribution in [0.1, 0.15) is 48.5 Å². The zero-order valence-corrected chi connectivity index (χ0v) is 13.5. The summed E-state index contributed by atoms with van der Waals surface area (Å²) in [5.74, 6) is 0.572. The molecule has 0 saturated heterocycles.